The fourth-order valence-electron chi connectivity index (χ4n) is 2.57. The third-order valence-corrected chi connectivity index (χ3v) is 4.60. The van der Waals surface area contributed by atoms with Crippen LogP contribution in [-0.2, 0) is 6.42 Å². The Morgan fingerprint density at radius 3 is 3.05 bits per heavy atom. The molecule has 0 fully saturated rings. The van der Waals surface area contributed by atoms with Crippen LogP contribution in [0.15, 0.2) is 18.2 Å². The number of phenolic OH excluding ortho intramolecular Hbond substituents is 1. The van der Waals surface area contributed by atoms with Gasteiger partial charge in [-0.1, -0.05) is 6.07 Å². The van der Waals surface area contributed by atoms with Crippen LogP contribution in [0.25, 0.3) is 0 Å². The van der Waals surface area contributed by atoms with Crippen molar-refractivity contribution in [2.75, 3.05) is 24.7 Å². The lowest BCUT2D eigenvalue weighted by atomic mass is 9.87. The minimum atomic E-state index is 0.287. The van der Waals surface area contributed by atoms with Crippen molar-refractivity contribution in [2.45, 2.75) is 31.7 Å². The summed E-state index contributed by atoms with van der Waals surface area (Å²) < 4.78 is 0. The lowest BCUT2D eigenvalue weighted by Crippen LogP contribution is -2.27. The number of rotatable bonds is 7. The van der Waals surface area contributed by atoms with Crippen LogP contribution in [0.2, 0.25) is 0 Å². The average Bonchev–Trinajstić information content (AvgIpc) is 2.43. The third-order valence-electron chi connectivity index (χ3n) is 3.53. The minimum Gasteiger partial charge on any atom is -0.508 e. The van der Waals surface area contributed by atoms with E-state index >= 15 is 0 Å². The molecule has 0 aromatic heterocycles. The topological polar surface area (TPSA) is 52.5 Å². The summed E-state index contributed by atoms with van der Waals surface area (Å²) in [5.74, 6) is 2.47. The van der Waals surface area contributed by atoms with Crippen LogP contribution >= 0.6 is 11.8 Å². The first-order chi connectivity index (χ1) is 9.31. The number of fused-ring (bicyclic) bond motifs is 1. The van der Waals surface area contributed by atoms with E-state index in [-0.39, 0.29) is 6.61 Å². The van der Waals surface area contributed by atoms with Crippen LogP contribution in [0, 0.1) is 0 Å². The number of hydrogen-bond donors (Lipinski definition) is 3. The molecule has 3 nitrogen and oxygen atoms in total. The zero-order valence-corrected chi connectivity index (χ0v) is 12.1. The van der Waals surface area contributed by atoms with Gasteiger partial charge in [-0.3, -0.25) is 0 Å². The molecular formula is C15H23NO2S. The molecule has 0 aliphatic heterocycles. The van der Waals surface area contributed by atoms with Crippen molar-refractivity contribution in [3.63, 3.8) is 0 Å². The quantitative estimate of drug-likeness (QED) is 0.672. The number of nitrogens with one attached hydrogen (secondary N) is 1. The zero-order chi connectivity index (χ0) is 13.5. The van der Waals surface area contributed by atoms with Gasteiger partial charge in [-0.25, -0.2) is 0 Å². The first-order valence-corrected chi connectivity index (χ1v) is 8.20. The van der Waals surface area contributed by atoms with Crippen molar-refractivity contribution in [1.82, 2.24) is 5.32 Å². The Labute approximate surface area is 119 Å². The molecular weight excluding hydrogens is 258 g/mol. The van der Waals surface area contributed by atoms with Crippen LogP contribution in [0.3, 0.4) is 0 Å². The first-order valence-electron chi connectivity index (χ1n) is 7.05. The number of phenols is 1. The van der Waals surface area contributed by atoms with Crippen molar-refractivity contribution in [3.05, 3.63) is 29.3 Å². The molecule has 1 aliphatic rings. The van der Waals surface area contributed by atoms with E-state index < -0.39 is 0 Å². The number of thioether (sulfide) groups is 1. The van der Waals surface area contributed by atoms with Gasteiger partial charge in [-0.2, -0.15) is 11.8 Å². The highest BCUT2D eigenvalue weighted by atomic mass is 32.2. The average molecular weight is 281 g/mol. The largest absolute Gasteiger partial charge is 0.508 e. The summed E-state index contributed by atoms with van der Waals surface area (Å²) in [7, 11) is 0. The van der Waals surface area contributed by atoms with Gasteiger partial charge < -0.3 is 15.5 Å². The van der Waals surface area contributed by atoms with Gasteiger partial charge in [-0.15, -0.1) is 0 Å². The lowest BCUT2D eigenvalue weighted by Gasteiger charge is -2.26. The fraction of sp³-hybridized carbons (Fsp3) is 0.600. The summed E-state index contributed by atoms with van der Waals surface area (Å²) in [6.45, 7) is 1.27. The maximum Gasteiger partial charge on any atom is 0.115 e. The summed E-state index contributed by atoms with van der Waals surface area (Å²) in [5, 5.41) is 21.9. The number of aryl methyl sites for hydroxylation is 1. The molecule has 0 radical (unpaired) electrons. The van der Waals surface area contributed by atoms with Crippen molar-refractivity contribution in [1.29, 1.82) is 0 Å². The van der Waals surface area contributed by atoms with E-state index in [0.717, 1.165) is 37.3 Å². The molecule has 4 heteroatoms. The van der Waals surface area contributed by atoms with Gasteiger partial charge in [0.2, 0.25) is 0 Å². The maximum absolute atomic E-state index is 9.62. The van der Waals surface area contributed by atoms with Gasteiger partial charge in [-0.05, 0) is 54.7 Å². The SMILES string of the molecule is OCCCSCCNC1CCCc2ccc(O)cc21. The molecule has 0 saturated heterocycles. The molecule has 2 rings (SSSR count). The molecule has 1 unspecified atom stereocenters. The Bertz CT molecular complexity index is 398. The minimum absolute atomic E-state index is 0.287. The van der Waals surface area contributed by atoms with Gasteiger partial charge in [0.15, 0.2) is 0 Å². The van der Waals surface area contributed by atoms with Gasteiger partial charge in [0, 0.05) is 24.9 Å². The van der Waals surface area contributed by atoms with Crippen LogP contribution in [0.5, 0.6) is 5.75 Å². The summed E-state index contributed by atoms with van der Waals surface area (Å²) >= 11 is 1.88. The van der Waals surface area contributed by atoms with Gasteiger partial charge in [0.25, 0.3) is 0 Å². The molecule has 1 aliphatic carbocycles. The van der Waals surface area contributed by atoms with E-state index in [1.54, 1.807) is 6.07 Å². The van der Waals surface area contributed by atoms with E-state index in [4.69, 9.17) is 5.11 Å². The van der Waals surface area contributed by atoms with Crippen LogP contribution in [-0.4, -0.2) is 34.9 Å². The van der Waals surface area contributed by atoms with Crippen molar-refractivity contribution >= 4 is 11.8 Å². The second-order valence-corrected chi connectivity index (χ2v) is 6.20. The van der Waals surface area contributed by atoms with E-state index in [2.05, 4.69) is 11.4 Å². The van der Waals surface area contributed by atoms with Crippen LogP contribution in [0.4, 0.5) is 0 Å². The highest BCUT2D eigenvalue weighted by Gasteiger charge is 2.19. The molecule has 0 heterocycles. The van der Waals surface area contributed by atoms with Crippen molar-refractivity contribution in [2.24, 2.45) is 0 Å². The normalized spacial score (nSPS) is 18.3. The smallest absolute Gasteiger partial charge is 0.115 e. The highest BCUT2D eigenvalue weighted by molar-refractivity contribution is 7.99. The molecule has 1 aromatic rings. The number of hydrogen-bond acceptors (Lipinski definition) is 4. The fourth-order valence-corrected chi connectivity index (χ4v) is 3.37. The Kier molecular flexibility index (Phi) is 6.01. The number of benzene rings is 1. The summed E-state index contributed by atoms with van der Waals surface area (Å²) in [6, 6.07) is 6.13. The maximum atomic E-state index is 9.62. The predicted molar refractivity (Wildman–Crippen MR) is 80.8 cm³/mol. The van der Waals surface area contributed by atoms with E-state index in [0.29, 0.717) is 11.8 Å². The van der Waals surface area contributed by atoms with Gasteiger partial charge >= 0.3 is 0 Å². The third kappa shape index (κ3) is 4.41. The molecule has 1 atom stereocenters. The van der Waals surface area contributed by atoms with Crippen LogP contribution < -0.4 is 5.32 Å². The van der Waals surface area contributed by atoms with E-state index in [1.807, 2.05) is 17.8 Å². The predicted octanol–water partition coefficient (Wildman–Crippen LogP) is 2.47. The summed E-state index contributed by atoms with van der Waals surface area (Å²) in [4.78, 5) is 0. The Morgan fingerprint density at radius 2 is 2.21 bits per heavy atom. The lowest BCUT2D eigenvalue weighted by molar-refractivity contribution is 0.296. The Hall–Kier alpha value is -0.710. The molecule has 0 bridgehead atoms. The monoisotopic (exact) mass is 281 g/mol. The molecule has 0 saturated carbocycles. The second-order valence-electron chi connectivity index (χ2n) is 4.97. The van der Waals surface area contributed by atoms with Gasteiger partial charge in [0.1, 0.15) is 5.75 Å². The zero-order valence-electron chi connectivity index (χ0n) is 11.3. The second kappa shape index (κ2) is 7.78. The highest BCUT2D eigenvalue weighted by Crippen LogP contribution is 2.31. The summed E-state index contributed by atoms with van der Waals surface area (Å²) in [6.07, 6.45) is 4.37. The van der Waals surface area contributed by atoms with Crippen molar-refractivity contribution < 1.29 is 10.2 Å². The van der Waals surface area contributed by atoms with Crippen molar-refractivity contribution in [3.8, 4) is 5.75 Å². The first kappa shape index (κ1) is 14.7. The van der Waals surface area contributed by atoms with E-state index in [1.165, 1.54) is 17.5 Å². The van der Waals surface area contributed by atoms with Crippen LogP contribution in [0.1, 0.15) is 36.4 Å². The molecule has 106 valence electrons. The number of aliphatic hydroxyl groups is 1. The molecule has 1 aromatic carbocycles. The summed E-state index contributed by atoms with van der Waals surface area (Å²) in [5.41, 5.74) is 2.64. The number of aliphatic hydroxyl groups excluding tert-OH is 1. The Morgan fingerprint density at radius 1 is 1.32 bits per heavy atom. The molecule has 0 spiro atoms. The number of aromatic hydroxyl groups is 1. The standard InChI is InChI=1S/C15H23NO2S/c17-8-2-9-19-10-7-16-15-4-1-3-12-5-6-13(18)11-14(12)15/h5-6,11,15-18H,1-4,7-10H2. The molecule has 0 amide bonds. The van der Waals surface area contributed by atoms with Gasteiger partial charge in [0.05, 0.1) is 0 Å². The Balaban J connectivity index is 1.80. The molecule has 3 N–H and O–H groups in total. The van der Waals surface area contributed by atoms with E-state index in [9.17, 15) is 5.11 Å². The molecule has 19 heavy (non-hydrogen) atoms.